The minimum absolute atomic E-state index is 0.00692. The second kappa shape index (κ2) is 4.88. The number of benzene rings is 1. The van der Waals surface area contributed by atoms with Crippen LogP contribution in [-0.2, 0) is 11.2 Å². The maximum atomic E-state index is 10.7. The number of methoxy groups -OCH3 is 2. The van der Waals surface area contributed by atoms with E-state index in [2.05, 4.69) is 0 Å². The van der Waals surface area contributed by atoms with Gasteiger partial charge in [-0.2, -0.15) is 0 Å². The van der Waals surface area contributed by atoms with Gasteiger partial charge >= 0.3 is 5.97 Å². The predicted octanol–water partition coefficient (Wildman–Crippen LogP) is 1.95. The van der Waals surface area contributed by atoms with E-state index in [0.29, 0.717) is 11.5 Å². The molecule has 0 radical (unpaired) electrons. The summed E-state index contributed by atoms with van der Waals surface area (Å²) < 4.78 is 10.4. The van der Waals surface area contributed by atoms with Gasteiger partial charge in [-0.05, 0) is 36.6 Å². The molecule has 1 rings (SSSR count). The number of hydrogen-bond acceptors (Lipinski definition) is 3. The molecule has 88 valence electrons. The van der Waals surface area contributed by atoms with Crippen molar-refractivity contribution in [1.29, 1.82) is 0 Å². The first kappa shape index (κ1) is 12.4. The van der Waals surface area contributed by atoms with E-state index in [-0.39, 0.29) is 6.42 Å². The number of carboxylic acids is 1. The van der Waals surface area contributed by atoms with Gasteiger partial charge in [0.15, 0.2) is 11.5 Å². The first-order valence-electron chi connectivity index (χ1n) is 4.94. The number of aliphatic carboxylic acids is 1. The number of carboxylic acid groups (broad SMARTS) is 1. The van der Waals surface area contributed by atoms with Crippen LogP contribution in [0, 0.1) is 13.8 Å². The molecule has 1 N–H and O–H groups in total. The van der Waals surface area contributed by atoms with E-state index in [1.165, 1.54) is 7.11 Å². The van der Waals surface area contributed by atoms with Gasteiger partial charge in [0.2, 0.25) is 0 Å². The molecule has 4 nitrogen and oxygen atoms in total. The van der Waals surface area contributed by atoms with Crippen molar-refractivity contribution in [3.05, 3.63) is 22.8 Å². The van der Waals surface area contributed by atoms with Crippen LogP contribution in [0.5, 0.6) is 11.5 Å². The molecular weight excluding hydrogens is 208 g/mol. The van der Waals surface area contributed by atoms with E-state index >= 15 is 0 Å². The first-order valence-corrected chi connectivity index (χ1v) is 4.94. The summed E-state index contributed by atoms with van der Waals surface area (Å²) >= 11 is 0. The van der Waals surface area contributed by atoms with Crippen LogP contribution in [0.4, 0.5) is 0 Å². The quantitative estimate of drug-likeness (QED) is 0.849. The monoisotopic (exact) mass is 224 g/mol. The molecule has 0 unspecified atom stereocenters. The second-order valence-electron chi connectivity index (χ2n) is 3.59. The van der Waals surface area contributed by atoms with E-state index in [4.69, 9.17) is 14.6 Å². The van der Waals surface area contributed by atoms with Crippen LogP contribution in [-0.4, -0.2) is 25.3 Å². The Morgan fingerprint density at radius 2 is 1.88 bits per heavy atom. The summed E-state index contributed by atoms with van der Waals surface area (Å²) in [5.74, 6) is 0.380. The van der Waals surface area contributed by atoms with Crippen molar-refractivity contribution in [2.75, 3.05) is 14.2 Å². The third-order valence-electron chi connectivity index (χ3n) is 2.68. The molecule has 0 aliphatic carbocycles. The minimum Gasteiger partial charge on any atom is -0.493 e. The Kier molecular flexibility index (Phi) is 3.77. The molecule has 0 saturated carbocycles. The van der Waals surface area contributed by atoms with Crippen molar-refractivity contribution < 1.29 is 19.4 Å². The zero-order chi connectivity index (χ0) is 12.3. The fourth-order valence-electron chi connectivity index (χ4n) is 1.68. The number of carbonyl (C=O) groups is 1. The Morgan fingerprint density at radius 1 is 1.25 bits per heavy atom. The summed E-state index contributed by atoms with van der Waals surface area (Å²) in [5.41, 5.74) is 2.60. The fourth-order valence-corrected chi connectivity index (χ4v) is 1.68. The normalized spacial score (nSPS) is 10.0. The first-order chi connectivity index (χ1) is 7.51. The average molecular weight is 224 g/mol. The lowest BCUT2D eigenvalue weighted by atomic mass is 9.99. The standard InChI is InChI=1S/C12H16O4/c1-7-8(2)12(16-4)10(15-3)5-9(7)6-11(13)14/h5H,6H2,1-4H3,(H,13,14). The Balaban J connectivity index is 3.32. The van der Waals surface area contributed by atoms with Crippen molar-refractivity contribution in [3.63, 3.8) is 0 Å². The molecule has 0 atom stereocenters. The maximum absolute atomic E-state index is 10.7. The van der Waals surface area contributed by atoms with Gasteiger partial charge in [-0.25, -0.2) is 0 Å². The van der Waals surface area contributed by atoms with Crippen molar-refractivity contribution in [2.45, 2.75) is 20.3 Å². The molecule has 1 aromatic rings. The van der Waals surface area contributed by atoms with Crippen LogP contribution in [0.15, 0.2) is 6.07 Å². The Morgan fingerprint density at radius 3 is 2.31 bits per heavy atom. The molecule has 0 aliphatic rings. The summed E-state index contributed by atoms with van der Waals surface area (Å²) in [6, 6.07) is 1.72. The van der Waals surface area contributed by atoms with Gasteiger partial charge in [0, 0.05) is 0 Å². The van der Waals surface area contributed by atoms with E-state index in [1.807, 2.05) is 13.8 Å². The van der Waals surface area contributed by atoms with E-state index in [9.17, 15) is 4.79 Å². The summed E-state index contributed by atoms with van der Waals surface area (Å²) in [6.45, 7) is 3.78. The number of rotatable bonds is 4. The van der Waals surface area contributed by atoms with Gasteiger partial charge in [0.25, 0.3) is 0 Å². The van der Waals surface area contributed by atoms with Crippen LogP contribution >= 0.6 is 0 Å². The zero-order valence-electron chi connectivity index (χ0n) is 9.96. The third kappa shape index (κ3) is 2.27. The largest absolute Gasteiger partial charge is 0.493 e. The van der Waals surface area contributed by atoms with Crippen molar-refractivity contribution in [1.82, 2.24) is 0 Å². The zero-order valence-corrected chi connectivity index (χ0v) is 9.96. The highest BCUT2D eigenvalue weighted by atomic mass is 16.5. The van der Waals surface area contributed by atoms with Gasteiger partial charge in [-0.3, -0.25) is 4.79 Å². The molecule has 0 saturated heterocycles. The lowest BCUT2D eigenvalue weighted by Crippen LogP contribution is -2.05. The summed E-state index contributed by atoms with van der Waals surface area (Å²) in [5, 5.41) is 8.80. The fraction of sp³-hybridized carbons (Fsp3) is 0.417. The molecule has 16 heavy (non-hydrogen) atoms. The van der Waals surface area contributed by atoms with Crippen LogP contribution in [0.1, 0.15) is 16.7 Å². The van der Waals surface area contributed by atoms with Crippen LogP contribution in [0.3, 0.4) is 0 Å². The van der Waals surface area contributed by atoms with Crippen molar-refractivity contribution >= 4 is 5.97 Å². The third-order valence-corrected chi connectivity index (χ3v) is 2.68. The van der Waals surface area contributed by atoms with Gasteiger partial charge in [-0.15, -0.1) is 0 Å². The molecular formula is C12H16O4. The molecule has 0 aliphatic heterocycles. The summed E-state index contributed by atoms with van der Waals surface area (Å²) in [7, 11) is 3.11. The Bertz CT molecular complexity index is 410. The molecule has 0 aromatic heterocycles. The lowest BCUT2D eigenvalue weighted by molar-refractivity contribution is -0.136. The second-order valence-corrected chi connectivity index (χ2v) is 3.59. The van der Waals surface area contributed by atoms with Gasteiger partial charge in [0.1, 0.15) is 0 Å². The van der Waals surface area contributed by atoms with Gasteiger partial charge < -0.3 is 14.6 Å². The Hall–Kier alpha value is -1.71. The van der Waals surface area contributed by atoms with Gasteiger partial charge in [-0.1, -0.05) is 0 Å². The SMILES string of the molecule is COc1cc(CC(=O)O)c(C)c(C)c1OC. The van der Waals surface area contributed by atoms with Crippen LogP contribution in [0.2, 0.25) is 0 Å². The number of hydrogen-bond donors (Lipinski definition) is 1. The minimum atomic E-state index is -0.852. The summed E-state index contributed by atoms with van der Waals surface area (Å²) in [6.07, 6.45) is -0.00692. The van der Waals surface area contributed by atoms with Crippen LogP contribution in [0.25, 0.3) is 0 Å². The van der Waals surface area contributed by atoms with E-state index in [1.54, 1.807) is 13.2 Å². The Labute approximate surface area is 94.8 Å². The molecule has 0 heterocycles. The smallest absolute Gasteiger partial charge is 0.307 e. The predicted molar refractivity (Wildman–Crippen MR) is 60.4 cm³/mol. The highest BCUT2D eigenvalue weighted by Gasteiger charge is 2.15. The van der Waals surface area contributed by atoms with E-state index in [0.717, 1.165) is 16.7 Å². The molecule has 1 aromatic carbocycles. The van der Waals surface area contributed by atoms with E-state index < -0.39 is 5.97 Å². The molecule has 0 spiro atoms. The van der Waals surface area contributed by atoms with Crippen LogP contribution < -0.4 is 9.47 Å². The van der Waals surface area contributed by atoms with Crippen molar-refractivity contribution in [3.8, 4) is 11.5 Å². The molecule has 0 amide bonds. The number of ether oxygens (including phenoxy) is 2. The van der Waals surface area contributed by atoms with Gasteiger partial charge in [0.05, 0.1) is 20.6 Å². The topological polar surface area (TPSA) is 55.8 Å². The molecule has 0 bridgehead atoms. The molecule has 4 heteroatoms. The lowest BCUT2D eigenvalue weighted by Gasteiger charge is -2.15. The highest BCUT2D eigenvalue weighted by molar-refractivity contribution is 5.72. The molecule has 0 fully saturated rings. The van der Waals surface area contributed by atoms with Crippen molar-refractivity contribution in [2.24, 2.45) is 0 Å². The maximum Gasteiger partial charge on any atom is 0.307 e. The summed E-state index contributed by atoms with van der Waals surface area (Å²) in [4.78, 5) is 10.7. The average Bonchev–Trinajstić information content (AvgIpc) is 2.24. The highest BCUT2D eigenvalue weighted by Crippen LogP contribution is 2.35.